The quantitative estimate of drug-likeness (QED) is 0.657. The van der Waals surface area contributed by atoms with Gasteiger partial charge in [0.05, 0.1) is 11.4 Å². The van der Waals surface area contributed by atoms with E-state index in [0.717, 1.165) is 22.0 Å². The third kappa shape index (κ3) is 2.79. The van der Waals surface area contributed by atoms with Crippen LogP contribution in [0.3, 0.4) is 0 Å². The molecule has 0 spiro atoms. The Hall–Kier alpha value is -2.30. The molecular weight excluding hydrogens is 343 g/mol. The van der Waals surface area contributed by atoms with E-state index >= 15 is 0 Å². The van der Waals surface area contributed by atoms with Crippen LogP contribution < -0.4 is 9.80 Å². The molecule has 4 rings (SSSR count). The van der Waals surface area contributed by atoms with Gasteiger partial charge in [-0.05, 0) is 35.9 Å². The molecule has 119 valence electrons. The van der Waals surface area contributed by atoms with Crippen molar-refractivity contribution in [3.63, 3.8) is 0 Å². The van der Waals surface area contributed by atoms with Gasteiger partial charge in [-0.1, -0.05) is 53.5 Å². The average Bonchev–Trinajstić information content (AvgIpc) is 2.97. The summed E-state index contributed by atoms with van der Waals surface area (Å²) >= 11 is 12.2. The highest BCUT2D eigenvalue weighted by Gasteiger charge is 2.28. The molecule has 3 aromatic rings. The first-order chi connectivity index (χ1) is 11.7. The first-order valence-electron chi connectivity index (χ1n) is 7.45. The van der Waals surface area contributed by atoms with E-state index in [9.17, 15) is 0 Å². The lowest BCUT2D eigenvalue weighted by atomic mass is 10.2. The van der Waals surface area contributed by atoms with E-state index < -0.39 is 0 Å². The summed E-state index contributed by atoms with van der Waals surface area (Å²) in [4.78, 5) is 4.14. The van der Waals surface area contributed by atoms with Crippen molar-refractivity contribution in [2.24, 2.45) is 0 Å². The number of nitrogens with zero attached hydrogens (tertiary/aromatic N) is 4. The first kappa shape index (κ1) is 15.2. The highest BCUT2D eigenvalue weighted by Crippen LogP contribution is 2.42. The molecule has 6 heteroatoms. The molecule has 0 saturated carbocycles. The molecule has 1 aromatic heterocycles. The van der Waals surface area contributed by atoms with E-state index in [1.165, 1.54) is 0 Å². The van der Waals surface area contributed by atoms with Gasteiger partial charge >= 0.3 is 0 Å². The molecule has 0 atom stereocenters. The summed E-state index contributed by atoms with van der Waals surface area (Å²) < 4.78 is 0. The van der Waals surface area contributed by atoms with Gasteiger partial charge in [0, 0.05) is 11.6 Å². The van der Waals surface area contributed by atoms with E-state index in [2.05, 4.69) is 27.2 Å². The third-order valence-electron chi connectivity index (χ3n) is 3.87. The molecule has 1 aliphatic rings. The van der Waals surface area contributed by atoms with Gasteiger partial charge in [-0.2, -0.15) is 0 Å². The van der Waals surface area contributed by atoms with E-state index in [1.54, 1.807) is 6.07 Å². The number of hydrogen-bond acceptors (Lipinski definition) is 4. The van der Waals surface area contributed by atoms with Crippen LogP contribution in [0.2, 0.25) is 10.2 Å². The number of rotatable bonds is 3. The van der Waals surface area contributed by atoms with Gasteiger partial charge in [-0.25, -0.2) is 0 Å². The molecule has 0 unspecified atom stereocenters. The fourth-order valence-electron chi connectivity index (χ4n) is 2.73. The van der Waals surface area contributed by atoms with E-state index in [0.29, 0.717) is 17.5 Å². The number of benzene rings is 2. The Labute approximate surface area is 150 Å². The van der Waals surface area contributed by atoms with Crippen molar-refractivity contribution in [2.75, 3.05) is 9.80 Å². The SMILES string of the molecule is Clc1ccc(N2[CH]N(Cc3ccccc3Cl)c3ccccc32)nn1. The fourth-order valence-corrected chi connectivity index (χ4v) is 3.03. The van der Waals surface area contributed by atoms with Crippen LogP contribution in [0.5, 0.6) is 0 Å². The number of anilines is 3. The van der Waals surface area contributed by atoms with Crippen molar-refractivity contribution >= 4 is 40.4 Å². The van der Waals surface area contributed by atoms with Crippen LogP contribution in [0.15, 0.2) is 60.7 Å². The second-order valence-electron chi connectivity index (χ2n) is 5.41. The lowest BCUT2D eigenvalue weighted by Gasteiger charge is -2.20. The standard InChI is InChI=1S/C18H13Cl2N4/c19-14-6-2-1-5-13(14)11-23-12-24(16-8-4-3-7-15(16)23)18-10-9-17(20)21-22-18/h1-10,12H,11H2. The predicted octanol–water partition coefficient (Wildman–Crippen LogP) is 5.06. The fraction of sp³-hybridized carbons (Fsp3) is 0.0556. The first-order valence-corrected chi connectivity index (χ1v) is 8.20. The Bertz CT molecular complexity index is 867. The van der Waals surface area contributed by atoms with Crippen LogP contribution in [0, 0.1) is 6.67 Å². The summed E-state index contributed by atoms with van der Waals surface area (Å²) in [5.74, 6) is 0.716. The second-order valence-corrected chi connectivity index (χ2v) is 6.20. The minimum atomic E-state index is 0.374. The monoisotopic (exact) mass is 355 g/mol. The lowest BCUT2D eigenvalue weighted by Crippen LogP contribution is -2.22. The molecule has 2 heterocycles. The number of hydrogen-bond donors (Lipinski definition) is 0. The Morgan fingerprint density at radius 2 is 1.54 bits per heavy atom. The Morgan fingerprint density at radius 3 is 2.29 bits per heavy atom. The zero-order valence-electron chi connectivity index (χ0n) is 12.6. The molecule has 0 bridgehead atoms. The molecule has 0 saturated heterocycles. The highest BCUT2D eigenvalue weighted by molar-refractivity contribution is 6.31. The van der Waals surface area contributed by atoms with Gasteiger partial charge in [0.1, 0.15) is 6.67 Å². The molecule has 24 heavy (non-hydrogen) atoms. The topological polar surface area (TPSA) is 32.3 Å². The maximum atomic E-state index is 6.31. The number of para-hydroxylation sites is 2. The van der Waals surface area contributed by atoms with Gasteiger partial charge in [0.2, 0.25) is 0 Å². The van der Waals surface area contributed by atoms with Crippen LogP contribution in [0.25, 0.3) is 0 Å². The van der Waals surface area contributed by atoms with Gasteiger partial charge in [0.15, 0.2) is 11.0 Å². The van der Waals surface area contributed by atoms with Crippen LogP contribution in [0.4, 0.5) is 17.2 Å². The van der Waals surface area contributed by atoms with E-state index in [4.69, 9.17) is 23.2 Å². The molecule has 0 fully saturated rings. The predicted molar refractivity (Wildman–Crippen MR) is 97.6 cm³/mol. The van der Waals surface area contributed by atoms with Gasteiger partial charge < -0.3 is 4.90 Å². The lowest BCUT2D eigenvalue weighted by molar-refractivity contribution is 0.900. The Morgan fingerprint density at radius 1 is 0.792 bits per heavy atom. The number of fused-ring (bicyclic) bond motifs is 1. The Kier molecular flexibility index (Phi) is 4.00. The zero-order valence-corrected chi connectivity index (χ0v) is 14.1. The van der Waals surface area contributed by atoms with Gasteiger partial charge in [-0.3, -0.25) is 4.90 Å². The van der Waals surface area contributed by atoms with Crippen LogP contribution in [-0.4, -0.2) is 10.2 Å². The molecule has 0 aliphatic carbocycles. The van der Waals surface area contributed by atoms with Crippen molar-refractivity contribution in [3.8, 4) is 0 Å². The minimum absolute atomic E-state index is 0.374. The second kappa shape index (κ2) is 6.30. The average molecular weight is 356 g/mol. The smallest absolute Gasteiger partial charge is 0.157 e. The molecule has 0 amide bonds. The molecule has 1 aliphatic heterocycles. The summed E-state index contributed by atoms with van der Waals surface area (Å²) in [5, 5.41) is 9.24. The van der Waals surface area contributed by atoms with Crippen LogP contribution >= 0.6 is 23.2 Å². The maximum absolute atomic E-state index is 6.31. The van der Waals surface area contributed by atoms with Crippen LogP contribution in [0.1, 0.15) is 5.56 Å². The summed E-state index contributed by atoms with van der Waals surface area (Å²) in [7, 11) is 0. The molecule has 2 aromatic carbocycles. The van der Waals surface area contributed by atoms with Crippen LogP contribution in [-0.2, 0) is 6.54 Å². The highest BCUT2D eigenvalue weighted by atomic mass is 35.5. The van der Waals surface area contributed by atoms with E-state index in [-0.39, 0.29) is 0 Å². The zero-order chi connectivity index (χ0) is 16.5. The summed E-state index contributed by atoms with van der Waals surface area (Å²) in [6.07, 6.45) is 0. The van der Waals surface area contributed by atoms with Gasteiger partial charge in [-0.15, -0.1) is 10.2 Å². The van der Waals surface area contributed by atoms with Crippen molar-refractivity contribution in [2.45, 2.75) is 6.54 Å². The number of aromatic nitrogens is 2. The summed E-state index contributed by atoms with van der Waals surface area (Å²) in [6.45, 7) is 2.68. The van der Waals surface area contributed by atoms with Gasteiger partial charge in [0.25, 0.3) is 0 Å². The summed E-state index contributed by atoms with van der Waals surface area (Å²) in [5.41, 5.74) is 3.20. The largest absolute Gasteiger partial charge is 0.341 e. The van der Waals surface area contributed by atoms with Crippen molar-refractivity contribution < 1.29 is 0 Å². The van der Waals surface area contributed by atoms with Crippen molar-refractivity contribution in [3.05, 3.63) is 83.1 Å². The Balaban J connectivity index is 1.68. The normalized spacial score (nSPS) is 13.2. The maximum Gasteiger partial charge on any atom is 0.157 e. The molecule has 4 nitrogen and oxygen atoms in total. The molecular formula is C18H13Cl2N4. The molecule has 0 N–H and O–H groups in total. The van der Waals surface area contributed by atoms with Crippen molar-refractivity contribution in [1.29, 1.82) is 0 Å². The van der Waals surface area contributed by atoms with E-state index in [1.807, 2.05) is 54.0 Å². The molecule has 1 radical (unpaired) electrons. The third-order valence-corrected chi connectivity index (χ3v) is 4.44. The summed E-state index contributed by atoms with van der Waals surface area (Å²) in [6, 6.07) is 19.6. The number of halogens is 2. The van der Waals surface area contributed by atoms with Crippen molar-refractivity contribution in [1.82, 2.24) is 10.2 Å². The minimum Gasteiger partial charge on any atom is -0.341 e.